The van der Waals surface area contributed by atoms with E-state index in [9.17, 15) is 13.6 Å². The van der Waals surface area contributed by atoms with Crippen molar-refractivity contribution in [1.29, 1.82) is 0 Å². The quantitative estimate of drug-likeness (QED) is 0.783. The summed E-state index contributed by atoms with van der Waals surface area (Å²) < 4.78 is 30.0. The van der Waals surface area contributed by atoms with Crippen molar-refractivity contribution in [3.05, 3.63) is 45.7 Å². The van der Waals surface area contributed by atoms with Gasteiger partial charge in [0.2, 0.25) is 0 Å². The van der Waals surface area contributed by atoms with Crippen LogP contribution in [0.15, 0.2) is 23.7 Å². The zero-order valence-corrected chi connectivity index (χ0v) is 16.9. The molecular formula is C20H24F2N4OS. The molecule has 2 aromatic heterocycles. The molecule has 2 fully saturated rings. The number of pyridine rings is 1. The van der Waals surface area contributed by atoms with E-state index in [0.29, 0.717) is 25.1 Å². The second-order valence-electron chi connectivity index (χ2n) is 7.97. The van der Waals surface area contributed by atoms with E-state index in [1.807, 2.05) is 24.1 Å². The number of alkyl halides is 2. The third-order valence-corrected chi connectivity index (χ3v) is 6.72. The Kier molecular flexibility index (Phi) is 4.95. The predicted molar refractivity (Wildman–Crippen MR) is 104 cm³/mol. The van der Waals surface area contributed by atoms with Crippen molar-refractivity contribution in [3.8, 4) is 0 Å². The second kappa shape index (κ2) is 7.15. The predicted octanol–water partition coefficient (Wildman–Crippen LogP) is 3.53. The van der Waals surface area contributed by atoms with Gasteiger partial charge in [-0.15, -0.1) is 11.3 Å². The minimum Gasteiger partial charge on any atom is -0.338 e. The molecule has 1 spiro atoms. The Morgan fingerprint density at radius 2 is 2.04 bits per heavy atom. The fourth-order valence-electron chi connectivity index (χ4n) is 4.28. The molecule has 0 saturated carbocycles. The first-order valence-corrected chi connectivity index (χ1v) is 10.4. The maximum absolute atomic E-state index is 15.0. The highest BCUT2D eigenvalue weighted by molar-refractivity contribution is 7.09. The molecule has 150 valence electrons. The number of rotatable bonds is 3. The van der Waals surface area contributed by atoms with Gasteiger partial charge in [-0.05, 0) is 38.9 Å². The Morgan fingerprint density at radius 3 is 2.71 bits per heavy atom. The number of hydrogen-bond acceptors (Lipinski definition) is 5. The molecule has 0 radical (unpaired) electrons. The first-order chi connectivity index (χ1) is 13.3. The van der Waals surface area contributed by atoms with Crippen LogP contribution in [0.25, 0.3) is 0 Å². The fraction of sp³-hybridized carbons (Fsp3) is 0.550. The molecule has 1 unspecified atom stereocenters. The van der Waals surface area contributed by atoms with Crippen molar-refractivity contribution in [3.63, 3.8) is 0 Å². The maximum Gasteiger partial charge on any atom is 0.258 e. The van der Waals surface area contributed by atoms with Crippen LogP contribution in [0.4, 0.5) is 8.78 Å². The Bertz CT molecular complexity index is 869. The molecule has 0 N–H and O–H groups in total. The van der Waals surface area contributed by atoms with Crippen LogP contribution in [0.5, 0.6) is 0 Å². The summed E-state index contributed by atoms with van der Waals surface area (Å²) in [6.07, 6.45) is 1.63. The Labute approximate surface area is 167 Å². The second-order valence-corrected chi connectivity index (χ2v) is 9.03. The van der Waals surface area contributed by atoms with Crippen LogP contribution in [-0.4, -0.2) is 57.8 Å². The molecule has 0 bridgehead atoms. The number of carbonyl (C=O) groups is 1. The van der Waals surface area contributed by atoms with Gasteiger partial charge in [0.1, 0.15) is 0 Å². The molecule has 28 heavy (non-hydrogen) atoms. The number of hydrogen-bond donors (Lipinski definition) is 0. The van der Waals surface area contributed by atoms with Crippen molar-refractivity contribution in [2.75, 3.05) is 26.2 Å². The van der Waals surface area contributed by atoms with Gasteiger partial charge < -0.3 is 4.90 Å². The molecule has 1 amide bonds. The minimum atomic E-state index is -2.78. The third-order valence-electron chi connectivity index (χ3n) is 5.90. The molecular weight excluding hydrogens is 382 g/mol. The van der Waals surface area contributed by atoms with Gasteiger partial charge in [0.05, 0.1) is 21.7 Å². The van der Waals surface area contributed by atoms with Crippen LogP contribution in [0.2, 0.25) is 0 Å². The summed E-state index contributed by atoms with van der Waals surface area (Å²) in [7, 11) is 0. The number of aromatic nitrogens is 2. The lowest BCUT2D eigenvalue weighted by atomic mass is 9.75. The largest absolute Gasteiger partial charge is 0.338 e. The minimum absolute atomic E-state index is 0.0761. The summed E-state index contributed by atoms with van der Waals surface area (Å²) in [4.78, 5) is 25.1. The van der Waals surface area contributed by atoms with Crippen LogP contribution in [0.3, 0.4) is 0 Å². The molecule has 2 aliphatic heterocycles. The average molecular weight is 407 g/mol. The summed E-state index contributed by atoms with van der Waals surface area (Å²) >= 11 is 1.57. The van der Waals surface area contributed by atoms with Gasteiger partial charge in [-0.25, -0.2) is 13.8 Å². The van der Waals surface area contributed by atoms with Crippen molar-refractivity contribution in [2.45, 2.75) is 39.2 Å². The summed E-state index contributed by atoms with van der Waals surface area (Å²) in [5.41, 5.74) is 1.02. The Hall–Kier alpha value is -1.93. The van der Waals surface area contributed by atoms with E-state index in [0.717, 1.165) is 16.4 Å². The zero-order valence-electron chi connectivity index (χ0n) is 16.1. The summed E-state index contributed by atoms with van der Waals surface area (Å²) in [5, 5.41) is 2.97. The molecule has 4 rings (SSSR count). The first kappa shape index (κ1) is 19.4. The average Bonchev–Trinajstić information content (AvgIpc) is 3.25. The van der Waals surface area contributed by atoms with Crippen LogP contribution < -0.4 is 0 Å². The van der Waals surface area contributed by atoms with Gasteiger partial charge >= 0.3 is 0 Å². The van der Waals surface area contributed by atoms with E-state index in [4.69, 9.17) is 0 Å². The standard InChI is InChI=1S/C20H24F2N4OS/c1-14-3-4-16(9-23-14)18(27)26-8-6-20(21,22)19(13-26)5-7-25(12-19)10-17-11-28-15(2)24-17/h3-4,9,11H,5-8,10,12-13H2,1-2H3. The topological polar surface area (TPSA) is 49.3 Å². The first-order valence-electron chi connectivity index (χ1n) is 9.51. The smallest absolute Gasteiger partial charge is 0.258 e. The SMILES string of the molecule is Cc1ccc(C(=O)N2CCC(F)(F)C3(CCN(Cc4csc(C)n4)C3)C2)cn1. The molecule has 2 aliphatic rings. The van der Waals surface area contributed by atoms with E-state index in [1.54, 1.807) is 28.4 Å². The van der Waals surface area contributed by atoms with Crippen molar-refractivity contribution in [2.24, 2.45) is 5.41 Å². The van der Waals surface area contributed by atoms with Gasteiger partial charge in [-0.2, -0.15) is 0 Å². The number of likely N-dealkylation sites (tertiary alicyclic amines) is 2. The lowest BCUT2D eigenvalue weighted by Crippen LogP contribution is -2.58. The molecule has 5 nitrogen and oxygen atoms in total. The molecule has 4 heterocycles. The molecule has 1 atom stereocenters. The number of piperidine rings is 1. The van der Waals surface area contributed by atoms with Gasteiger partial charge in [-0.1, -0.05) is 0 Å². The highest BCUT2D eigenvalue weighted by Gasteiger charge is 2.59. The lowest BCUT2D eigenvalue weighted by molar-refractivity contribution is -0.155. The number of aryl methyl sites for hydroxylation is 2. The Morgan fingerprint density at radius 1 is 1.21 bits per heavy atom. The molecule has 2 aromatic rings. The summed E-state index contributed by atoms with van der Waals surface area (Å²) in [6, 6.07) is 3.49. The van der Waals surface area contributed by atoms with E-state index in [2.05, 4.69) is 9.97 Å². The highest BCUT2D eigenvalue weighted by atomic mass is 32.1. The number of nitrogens with zero attached hydrogens (tertiary/aromatic N) is 4. The Balaban J connectivity index is 1.50. The van der Waals surface area contributed by atoms with Crippen molar-refractivity contribution >= 4 is 17.2 Å². The number of carbonyl (C=O) groups excluding carboxylic acids is 1. The molecule has 2 saturated heterocycles. The van der Waals surface area contributed by atoms with Gasteiger partial charge in [-0.3, -0.25) is 14.7 Å². The fourth-order valence-corrected chi connectivity index (χ4v) is 4.89. The third kappa shape index (κ3) is 3.55. The normalized spacial score (nSPS) is 24.8. The van der Waals surface area contributed by atoms with E-state index < -0.39 is 11.3 Å². The monoisotopic (exact) mass is 406 g/mol. The number of amides is 1. The van der Waals surface area contributed by atoms with E-state index in [-0.39, 0.29) is 32.0 Å². The van der Waals surface area contributed by atoms with Gasteiger partial charge in [0, 0.05) is 49.9 Å². The van der Waals surface area contributed by atoms with Crippen LogP contribution in [0.1, 0.15) is 39.6 Å². The lowest BCUT2D eigenvalue weighted by Gasteiger charge is -2.46. The summed E-state index contributed by atoms with van der Waals surface area (Å²) in [5.74, 6) is -2.99. The van der Waals surface area contributed by atoms with E-state index >= 15 is 0 Å². The van der Waals surface area contributed by atoms with Crippen molar-refractivity contribution < 1.29 is 13.6 Å². The van der Waals surface area contributed by atoms with Crippen LogP contribution in [-0.2, 0) is 6.54 Å². The molecule has 8 heteroatoms. The number of halogens is 2. The molecule has 0 aromatic carbocycles. The van der Waals surface area contributed by atoms with Gasteiger partial charge in [0.15, 0.2) is 0 Å². The summed E-state index contributed by atoms with van der Waals surface area (Å²) in [6.45, 7) is 5.41. The van der Waals surface area contributed by atoms with E-state index in [1.165, 1.54) is 6.20 Å². The maximum atomic E-state index is 15.0. The van der Waals surface area contributed by atoms with Crippen LogP contribution in [0, 0.1) is 19.3 Å². The zero-order chi connectivity index (χ0) is 19.9. The van der Waals surface area contributed by atoms with Crippen LogP contribution >= 0.6 is 11.3 Å². The van der Waals surface area contributed by atoms with Gasteiger partial charge in [0.25, 0.3) is 11.8 Å². The highest BCUT2D eigenvalue weighted by Crippen LogP contribution is 2.49. The molecule has 0 aliphatic carbocycles. The number of thiazole rings is 1. The van der Waals surface area contributed by atoms with Crippen molar-refractivity contribution in [1.82, 2.24) is 19.8 Å².